The summed E-state index contributed by atoms with van der Waals surface area (Å²) in [6, 6.07) is 6.99. The molecule has 0 saturated carbocycles. The number of hydrogen-bond acceptors (Lipinski definition) is 4. The van der Waals surface area contributed by atoms with Crippen LogP contribution < -0.4 is 10.5 Å². The van der Waals surface area contributed by atoms with E-state index in [0.29, 0.717) is 23.1 Å². The number of nitrogens with one attached hydrogen (secondary N) is 1. The number of benzene rings is 1. The fraction of sp³-hybridized carbons (Fsp3) is 0.217. The number of aromatic nitrogens is 2. The number of nitrogens with zero attached hydrogens (tertiary/aromatic N) is 2. The first-order valence-electron chi connectivity index (χ1n) is 10.1. The number of allylic oxidation sites excluding steroid dienone is 4. The highest BCUT2D eigenvalue weighted by Crippen LogP contribution is 2.39. The zero-order valence-electron chi connectivity index (χ0n) is 18.4. The molecular formula is C23H21F3N4O3S. The Bertz CT molecular complexity index is 1480. The van der Waals surface area contributed by atoms with E-state index in [9.17, 15) is 26.4 Å². The second-order valence-corrected chi connectivity index (χ2v) is 11.2. The van der Waals surface area contributed by atoms with Crippen LogP contribution >= 0.6 is 0 Å². The summed E-state index contributed by atoms with van der Waals surface area (Å²) >= 11 is 0. The van der Waals surface area contributed by atoms with Crippen molar-refractivity contribution < 1.29 is 26.4 Å². The predicted octanol–water partition coefficient (Wildman–Crippen LogP) is 4.77. The highest BCUT2D eigenvalue weighted by atomic mass is 32.2. The summed E-state index contributed by atoms with van der Waals surface area (Å²) in [5.74, 6) is -0.915. The van der Waals surface area contributed by atoms with Gasteiger partial charge in [-0.1, -0.05) is 18.2 Å². The molecule has 178 valence electrons. The van der Waals surface area contributed by atoms with Crippen molar-refractivity contribution in [2.24, 2.45) is 5.73 Å². The van der Waals surface area contributed by atoms with E-state index in [1.54, 1.807) is 55.7 Å². The molecule has 0 saturated heterocycles. The van der Waals surface area contributed by atoms with Gasteiger partial charge in [-0.2, -0.15) is 13.2 Å². The van der Waals surface area contributed by atoms with Gasteiger partial charge in [0, 0.05) is 23.0 Å². The van der Waals surface area contributed by atoms with Crippen LogP contribution in [0, 0.1) is 0 Å². The lowest BCUT2D eigenvalue weighted by Gasteiger charge is -2.20. The summed E-state index contributed by atoms with van der Waals surface area (Å²) in [4.78, 5) is 16.4. The molecule has 1 aliphatic rings. The number of anilines is 1. The average Bonchev–Trinajstić information content (AvgIpc) is 3.00. The Labute approximate surface area is 193 Å². The molecule has 34 heavy (non-hydrogen) atoms. The van der Waals surface area contributed by atoms with Crippen LogP contribution in [0.5, 0.6) is 0 Å². The van der Waals surface area contributed by atoms with Crippen LogP contribution in [0.4, 0.5) is 18.9 Å². The van der Waals surface area contributed by atoms with Gasteiger partial charge in [-0.3, -0.25) is 14.1 Å². The minimum absolute atomic E-state index is 0.0314. The SMILES string of the molecule is CC(C)(C)S(=O)(=O)Nc1ccc(-c2c(C(N)=O)c3cc(C(F)(F)F)cnc3n2C2=CC=C2)cc1. The molecule has 3 aromatic rings. The van der Waals surface area contributed by atoms with Crippen molar-refractivity contribution in [2.75, 3.05) is 4.72 Å². The number of carbonyl (C=O) groups excluding carboxylic acids is 1. The molecular weight excluding hydrogens is 469 g/mol. The van der Waals surface area contributed by atoms with E-state index >= 15 is 0 Å². The van der Waals surface area contributed by atoms with Gasteiger partial charge in [0.2, 0.25) is 10.0 Å². The Hall–Kier alpha value is -3.60. The van der Waals surface area contributed by atoms with Crippen molar-refractivity contribution in [2.45, 2.75) is 31.7 Å². The minimum atomic E-state index is -4.65. The monoisotopic (exact) mass is 490 g/mol. The second-order valence-electron chi connectivity index (χ2n) is 8.76. The molecule has 0 fully saturated rings. The summed E-state index contributed by atoms with van der Waals surface area (Å²) in [5.41, 5.74) is 6.25. The van der Waals surface area contributed by atoms with E-state index in [-0.39, 0.29) is 22.3 Å². The van der Waals surface area contributed by atoms with Gasteiger partial charge in [0.25, 0.3) is 5.91 Å². The molecule has 1 amide bonds. The van der Waals surface area contributed by atoms with Crippen LogP contribution in [-0.4, -0.2) is 28.6 Å². The third-order valence-corrected chi connectivity index (χ3v) is 7.51. The first-order chi connectivity index (χ1) is 15.7. The summed E-state index contributed by atoms with van der Waals surface area (Å²) < 4.78 is 67.9. The maximum atomic E-state index is 13.3. The molecule has 3 N–H and O–H groups in total. The molecule has 11 heteroatoms. The first-order valence-corrected chi connectivity index (χ1v) is 11.6. The van der Waals surface area contributed by atoms with Crippen molar-refractivity contribution in [1.29, 1.82) is 0 Å². The number of halogens is 3. The van der Waals surface area contributed by atoms with Gasteiger partial charge in [0.1, 0.15) is 5.65 Å². The number of amides is 1. The molecule has 0 bridgehead atoms. The van der Waals surface area contributed by atoms with Gasteiger partial charge in [0.15, 0.2) is 0 Å². The van der Waals surface area contributed by atoms with E-state index in [1.807, 2.05) is 0 Å². The third kappa shape index (κ3) is 3.96. The van der Waals surface area contributed by atoms with Crippen molar-refractivity contribution in [1.82, 2.24) is 9.55 Å². The van der Waals surface area contributed by atoms with Crippen molar-refractivity contribution >= 4 is 38.3 Å². The Morgan fingerprint density at radius 2 is 1.74 bits per heavy atom. The molecule has 2 heterocycles. The molecule has 1 aromatic carbocycles. The number of hydrogen-bond donors (Lipinski definition) is 2. The van der Waals surface area contributed by atoms with E-state index < -0.39 is 32.4 Å². The molecule has 0 unspecified atom stereocenters. The zero-order valence-corrected chi connectivity index (χ0v) is 19.3. The third-order valence-electron chi connectivity index (χ3n) is 5.39. The Morgan fingerprint density at radius 3 is 2.21 bits per heavy atom. The quantitative estimate of drug-likeness (QED) is 0.537. The van der Waals surface area contributed by atoms with E-state index in [2.05, 4.69) is 9.71 Å². The molecule has 1 aliphatic carbocycles. The Balaban J connectivity index is 1.91. The molecule has 2 aromatic heterocycles. The Kier molecular flexibility index (Phi) is 5.35. The molecule has 0 aliphatic heterocycles. The summed E-state index contributed by atoms with van der Waals surface area (Å²) in [6.07, 6.45) is 1.24. The van der Waals surface area contributed by atoms with Gasteiger partial charge >= 0.3 is 6.18 Å². The summed E-state index contributed by atoms with van der Waals surface area (Å²) in [7, 11) is -3.67. The van der Waals surface area contributed by atoms with E-state index in [4.69, 9.17) is 5.73 Å². The smallest absolute Gasteiger partial charge is 0.366 e. The number of alkyl halides is 3. The van der Waals surface area contributed by atoms with Crippen LogP contribution in [0.25, 0.3) is 28.0 Å². The second kappa shape index (κ2) is 7.73. The fourth-order valence-electron chi connectivity index (χ4n) is 3.43. The molecule has 0 atom stereocenters. The molecule has 0 spiro atoms. The predicted molar refractivity (Wildman–Crippen MR) is 124 cm³/mol. The number of sulfonamides is 1. The van der Waals surface area contributed by atoms with E-state index in [0.717, 1.165) is 6.07 Å². The van der Waals surface area contributed by atoms with Crippen LogP contribution in [-0.2, 0) is 16.2 Å². The lowest BCUT2D eigenvalue weighted by atomic mass is 10.0. The van der Waals surface area contributed by atoms with Gasteiger partial charge in [-0.15, -0.1) is 0 Å². The fourth-order valence-corrected chi connectivity index (χ4v) is 4.18. The van der Waals surface area contributed by atoms with Crippen LogP contribution in [0.15, 0.2) is 54.8 Å². The number of primary amides is 1. The van der Waals surface area contributed by atoms with Gasteiger partial charge in [0.05, 0.1) is 21.6 Å². The largest absolute Gasteiger partial charge is 0.417 e. The molecule has 7 nitrogen and oxygen atoms in total. The summed E-state index contributed by atoms with van der Waals surface area (Å²) in [6.45, 7) is 4.68. The number of nitrogens with two attached hydrogens (primary N) is 1. The highest BCUT2D eigenvalue weighted by Gasteiger charge is 2.34. The summed E-state index contributed by atoms with van der Waals surface area (Å²) in [5, 5.41) is -0.0314. The van der Waals surface area contributed by atoms with Crippen LogP contribution in [0.2, 0.25) is 0 Å². The number of pyridine rings is 1. The first kappa shape index (κ1) is 23.6. The lowest BCUT2D eigenvalue weighted by Crippen LogP contribution is -2.33. The lowest BCUT2D eigenvalue weighted by molar-refractivity contribution is -0.137. The highest BCUT2D eigenvalue weighted by molar-refractivity contribution is 7.94. The minimum Gasteiger partial charge on any atom is -0.366 e. The van der Waals surface area contributed by atoms with Gasteiger partial charge < -0.3 is 5.73 Å². The van der Waals surface area contributed by atoms with Gasteiger partial charge in [-0.25, -0.2) is 13.4 Å². The topological polar surface area (TPSA) is 107 Å². The van der Waals surface area contributed by atoms with Gasteiger partial charge in [-0.05, 0) is 56.7 Å². The van der Waals surface area contributed by atoms with Crippen LogP contribution in [0.3, 0.4) is 0 Å². The van der Waals surface area contributed by atoms with E-state index in [1.165, 1.54) is 12.1 Å². The van der Waals surface area contributed by atoms with Crippen LogP contribution in [0.1, 0.15) is 36.7 Å². The zero-order chi connectivity index (χ0) is 25.1. The van der Waals surface area contributed by atoms with Crippen molar-refractivity contribution in [3.05, 3.63) is 65.9 Å². The van der Waals surface area contributed by atoms with Crippen molar-refractivity contribution in [3.63, 3.8) is 0 Å². The maximum Gasteiger partial charge on any atom is 0.417 e. The van der Waals surface area contributed by atoms with Crippen molar-refractivity contribution in [3.8, 4) is 11.3 Å². The normalized spacial score (nSPS) is 14.1. The number of rotatable bonds is 5. The molecule has 4 rings (SSSR count). The number of fused-ring (bicyclic) bond motifs is 1. The maximum absolute atomic E-state index is 13.3. The number of carbonyl (C=O) groups is 1. The molecule has 0 radical (unpaired) electrons. The average molecular weight is 491 g/mol. The standard InChI is InChI=1S/C23H21F3N4O3S/c1-22(2,3)34(32,33)29-15-9-7-13(8-10-15)19-18(20(27)31)17-11-14(23(24,25)26)12-28-21(17)30(19)16-5-4-6-16/h4-12,29H,1-3H3,(H2,27,31). The Morgan fingerprint density at radius 1 is 1.12 bits per heavy atom.